The summed E-state index contributed by atoms with van der Waals surface area (Å²) < 4.78 is 0. The standard InChI is InChI=1S/C22H28N2O2S/c1-17-9-7-8-12-20(17)15-27-16-21(25)24(18(2)22(26)23-3)14-13-19-10-5-4-6-11-19/h4-12,18H,13-16H2,1-3H3,(H,23,26). The van der Waals surface area contributed by atoms with Crippen LogP contribution < -0.4 is 5.32 Å². The lowest BCUT2D eigenvalue weighted by atomic mass is 10.1. The van der Waals surface area contributed by atoms with E-state index in [0.717, 1.165) is 17.7 Å². The molecule has 0 spiro atoms. The molecular formula is C22H28N2O2S. The SMILES string of the molecule is CNC(=O)C(C)N(CCc1ccccc1)C(=O)CSCc1ccccc1C. The van der Waals surface area contributed by atoms with Crippen molar-refractivity contribution in [3.05, 3.63) is 71.3 Å². The van der Waals surface area contributed by atoms with Crippen LogP contribution in [0.4, 0.5) is 0 Å². The number of carbonyl (C=O) groups excluding carboxylic acids is 2. The molecule has 0 heterocycles. The number of nitrogens with one attached hydrogen (secondary N) is 1. The van der Waals surface area contributed by atoms with Gasteiger partial charge in [-0.15, -0.1) is 11.8 Å². The largest absolute Gasteiger partial charge is 0.357 e. The summed E-state index contributed by atoms with van der Waals surface area (Å²) in [6, 6.07) is 17.8. The molecule has 0 radical (unpaired) electrons. The highest BCUT2D eigenvalue weighted by molar-refractivity contribution is 7.99. The van der Waals surface area contributed by atoms with E-state index in [4.69, 9.17) is 0 Å². The van der Waals surface area contributed by atoms with Gasteiger partial charge in [-0.2, -0.15) is 0 Å². The number of nitrogens with zero attached hydrogens (tertiary/aromatic N) is 1. The van der Waals surface area contributed by atoms with Gasteiger partial charge in [-0.25, -0.2) is 0 Å². The third-order valence-corrected chi connectivity index (χ3v) is 5.61. The van der Waals surface area contributed by atoms with E-state index in [0.29, 0.717) is 12.3 Å². The van der Waals surface area contributed by atoms with Crippen LogP contribution in [0.3, 0.4) is 0 Å². The Balaban J connectivity index is 1.97. The molecule has 1 atom stereocenters. The minimum atomic E-state index is -0.481. The fourth-order valence-electron chi connectivity index (χ4n) is 2.88. The highest BCUT2D eigenvalue weighted by atomic mass is 32.2. The zero-order valence-electron chi connectivity index (χ0n) is 16.3. The van der Waals surface area contributed by atoms with Crippen LogP contribution in [0.5, 0.6) is 0 Å². The predicted molar refractivity (Wildman–Crippen MR) is 113 cm³/mol. The molecule has 0 bridgehead atoms. The van der Waals surface area contributed by atoms with E-state index in [1.165, 1.54) is 11.1 Å². The van der Waals surface area contributed by atoms with Crippen molar-refractivity contribution >= 4 is 23.6 Å². The third-order valence-electron chi connectivity index (χ3n) is 4.64. The van der Waals surface area contributed by atoms with Crippen LogP contribution in [0.25, 0.3) is 0 Å². The van der Waals surface area contributed by atoms with Crippen molar-refractivity contribution in [3.8, 4) is 0 Å². The lowest BCUT2D eigenvalue weighted by molar-refractivity contribution is -0.137. The zero-order chi connectivity index (χ0) is 19.6. The molecule has 0 aliphatic carbocycles. The number of benzene rings is 2. The lowest BCUT2D eigenvalue weighted by Crippen LogP contribution is -2.48. The molecule has 4 nitrogen and oxygen atoms in total. The van der Waals surface area contributed by atoms with Gasteiger partial charge >= 0.3 is 0 Å². The van der Waals surface area contributed by atoms with Crippen molar-refractivity contribution in [1.29, 1.82) is 0 Å². The molecule has 0 fully saturated rings. The Bertz CT molecular complexity index is 749. The summed E-state index contributed by atoms with van der Waals surface area (Å²) >= 11 is 1.59. The van der Waals surface area contributed by atoms with Gasteiger partial charge in [-0.3, -0.25) is 9.59 Å². The van der Waals surface area contributed by atoms with E-state index >= 15 is 0 Å². The Morgan fingerprint density at radius 1 is 1.07 bits per heavy atom. The first-order valence-electron chi connectivity index (χ1n) is 9.20. The summed E-state index contributed by atoms with van der Waals surface area (Å²) in [5, 5.41) is 2.65. The summed E-state index contributed by atoms with van der Waals surface area (Å²) in [4.78, 5) is 26.6. The molecule has 2 amide bonds. The first kappa shape index (κ1) is 21.0. The van der Waals surface area contributed by atoms with Crippen molar-refractivity contribution in [2.24, 2.45) is 0 Å². The number of hydrogen-bond donors (Lipinski definition) is 1. The fraction of sp³-hybridized carbons (Fsp3) is 0.364. The van der Waals surface area contributed by atoms with Crippen LogP contribution in [-0.2, 0) is 21.8 Å². The lowest BCUT2D eigenvalue weighted by Gasteiger charge is -2.28. The number of hydrogen-bond acceptors (Lipinski definition) is 3. The van der Waals surface area contributed by atoms with E-state index in [-0.39, 0.29) is 11.8 Å². The van der Waals surface area contributed by atoms with Gasteiger partial charge in [-0.1, -0.05) is 54.6 Å². The van der Waals surface area contributed by atoms with Gasteiger partial charge in [0.15, 0.2) is 0 Å². The van der Waals surface area contributed by atoms with Crippen LogP contribution in [0, 0.1) is 6.92 Å². The molecule has 0 aliphatic heterocycles. The number of aryl methyl sites for hydroxylation is 1. The van der Waals surface area contributed by atoms with Gasteiger partial charge in [0.2, 0.25) is 11.8 Å². The molecular weight excluding hydrogens is 356 g/mol. The Labute approximate surface area is 166 Å². The minimum absolute atomic E-state index is 0.000570. The molecule has 0 aromatic heterocycles. The van der Waals surface area contributed by atoms with Gasteiger partial charge in [0.1, 0.15) is 6.04 Å². The summed E-state index contributed by atoms with van der Waals surface area (Å²) in [5.41, 5.74) is 3.63. The van der Waals surface area contributed by atoms with Crippen molar-refractivity contribution in [3.63, 3.8) is 0 Å². The molecule has 27 heavy (non-hydrogen) atoms. The van der Waals surface area contributed by atoms with Crippen LogP contribution in [0.2, 0.25) is 0 Å². The van der Waals surface area contributed by atoms with Gasteiger partial charge < -0.3 is 10.2 Å². The number of amides is 2. The van der Waals surface area contributed by atoms with Crippen molar-refractivity contribution in [1.82, 2.24) is 10.2 Å². The maximum absolute atomic E-state index is 12.8. The van der Waals surface area contributed by atoms with Gasteiger partial charge in [-0.05, 0) is 37.0 Å². The Kier molecular flexibility index (Phi) is 8.40. The fourth-order valence-corrected chi connectivity index (χ4v) is 3.87. The number of carbonyl (C=O) groups is 2. The second-order valence-electron chi connectivity index (χ2n) is 6.53. The molecule has 2 rings (SSSR count). The van der Waals surface area contributed by atoms with Crippen molar-refractivity contribution in [2.75, 3.05) is 19.3 Å². The second kappa shape index (κ2) is 10.8. The summed E-state index contributed by atoms with van der Waals surface area (Å²) in [6.07, 6.45) is 0.733. The smallest absolute Gasteiger partial charge is 0.242 e. The van der Waals surface area contributed by atoms with E-state index in [9.17, 15) is 9.59 Å². The summed E-state index contributed by atoms with van der Waals surface area (Å²) in [6.45, 7) is 4.40. The van der Waals surface area contributed by atoms with Crippen LogP contribution in [-0.4, -0.2) is 42.1 Å². The number of thioether (sulfide) groups is 1. The van der Waals surface area contributed by atoms with E-state index < -0.39 is 6.04 Å². The van der Waals surface area contributed by atoms with Gasteiger partial charge in [0, 0.05) is 19.3 Å². The van der Waals surface area contributed by atoms with Crippen LogP contribution >= 0.6 is 11.8 Å². The van der Waals surface area contributed by atoms with E-state index in [1.54, 1.807) is 30.6 Å². The quantitative estimate of drug-likeness (QED) is 0.721. The topological polar surface area (TPSA) is 49.4 Å². The normalized spacial score (nSPS) is 11.7. The molecule has 0 saturated carbocycles. The first-order chi connectivity index (χ1) is 13.0. The minimum Gasteiger partial charge on any atom is -0.357 e. The third kappa shape index (κ3) is 6.43. The van der Waals surface area contributed by atoms with E-state index in [1.807, 2.05) is 42.5 Å². The van der Waals surface area contributed by atoms with E-state index in [2.05, 4.69) is 24.4 Å². The number of rotatable bonds is 9. The monoisotopic (exact) mass is 384 g/mol. The average Bonchev–Trinajstić information content (AvgIpc) is 2.69. The van der Waals surface area contributed by atoms with Crippen molar-refractivity contribution in [2.45, 2.75) is 32.1 Å². The Morgan fingerprint density at radius 3 is 2.41 bits per heavy atom. The summed E-state index contributed by atoms with van der Waals surface area (Å²) in [7, 11) is 1.60. The highest BCUT2D eigenvalue weighted by Gasteiger charge is 2.24. The molecule has 0 aliphatic rings. The predicted octanol–water partition coefficient (Wildman–Crippen LogP) is 3.43. The maximum Gasteiger partial charge on any atom is 0.242 e. The molecule has 1 N–H and O–H groups in total. The molecule has 0 saturated heterocycles. The second-order valence-corrected chi connectivity index (χ2v) is 7.52. The van der Waals surface area contributed by atoms with Crippen LogP contribution in [0.1, 0.15) is 23.6 Å². The Hall–Kier alpha value is -2.27. The first-order valence-corrected chi connectivity index (χ1v) is 10.4. The molecule has 2 aromatic rings. The molecule has 144 valence electrons. The molecule has 1 unspecified atom stereocenters. The zero-order valence-corrected chi connectivity index (χ0v) is 17.1. The Morgan fingerprint density at radius 2 is 1.74 bits per heavy atom. The molecule has 5 heteroatoms. The highest BCUT2D eigenvalue weighted by Crippen LogP contribution is 2.17. The van der Waals surface area contributed by atoms with Gasteiger partial charge in [0.25, 0.3) is 0 Å². The van der Waals surface area contributed by atoms with Gasteiger partial charge in [0.05, 0.1) is 5.75 Å². The summed E-state index contributed by atoms with van der Waals surface area (Å²) in [5.74, 6) is 1.02. The maximum atomic E-state index is 12.8. The molecule has 2 aromatic carbocycles. The van der Waals surface area contributed by atoms with Crippen molar-refractivity contribution < 1.29 is 9.59 Å². The van der Waals surface area contributed by atoms with Crippen LogP contribution in [0.15, 0.2) is 54.6 Å². The average molecular weight is 385 g/mol. The number of likely N-dealkylation sites (N-methyl/N-ethyl adjacent to an activating group) is 1.